The number of aryl methyl sites for hydroxylation is 2. The minimum atomic E-state index is -0.338. The van der Waals surface area contributed by atoms with Crippen molar-refractivity contribution in [3.63, 3.8) is 0 Å². The second-order valence-corrected chi connectivity index (χ2v) is 7.46. The molecular formula is C22H20ClFN6O. The number of halogens is 2. The summed E-state index contributed by atoms with van der Waals surface area (Å²) in [5.41, 5.74) is 2.80. The van der Waals surface area contributed by atoms with E-state index in [1.165, 1.54) is 12.1 Å². The van der Waals surface area contributed by atoms with Gasteiger partial charge in [0.05, 0.1) is 0 Å². The van der Waals surface area contributed by atoms with E-state index in [2.05, 4.69) is 25.9 Å². The van der Waals surface area contributed by atoms with Crippen LogP contribution in [0, 0.1) is 12.7 Å². The summed E-state index contributed by atoms with van der Waals surface area (Å²) >= 11 is 6.20. The highest BCUT2D eigenvalue weighted by Gasteiger charge is 2.12. The van der Waals surface area contributed by atoms with Gasteiger partial charge in [0, 0.05) is 30.1 Å². The fourth-order valence-electron chi connectivity index (χ4n) is 3.12. The summed E-state index contributed by atoms with van der Waals surface area (Å²) in [6.07, 6.45) is 0.546. The van der Waals surface area contributed by atoms with Gasteiger partial charge in [-0.1, -0.05) is 29.8 Å². The number of nitrogens with one attached hydrogen (secondary N) is 2. The highest BCUT2D eigenvalue weighted by atomic mass is 35.5. The maximum Gasteiger partial charge on any atom is 0.224 e. The molecule has 9 heteroatoms. The maximum absolute atomic E-state index is 13.2. The molecule has 0 saturated carbocycles. The Morgan fingerprint density at radius 3 is 2.77 bits per heavy atom. The van der Waals surface area contributed by atoms with E-state index >= 15 is 0 Å². The Labute approximate surface area is 183 Å². The van der Waals surface area contributed by atoms with Crippen LogP contribution in [0.4, 0.5) is 15.9 Å². The van der Waals surface area contributed by atoms with Gasteiger partial charge < -0.3 is 10.6 Å². The number of nitrogens with zero attached hydrogens (tertiary/aromatic N) is 4. The lowest BCUT2D eigenvalue weighted by atomic mass is 10.2. The molecule has 0 atom stereocenters. The number of carbonyl (C=O) groups is 1. The van der Waals surface area contributed by atoms with E-state index in [1.807, 2.05) is 30.3 Å². The minimum absolute atomic E-state index is 0.191. The first kappa shape index (κ1) is 20.7. The number of hydrogen-bond acceptors (Lipinski definition) is 5. The number of hydrogen-bond donors (Lipinski definition) is 2. The molecule has 4 rings (SSSR count). The Morgan fingerprint density at radius 1 is 1.13 bits per heavy atom. The lowest BCUT2D eigenvalue weighted by molar-refractivity contribution is -0.116. The first-order chi connectivity index (χ1) is 15.0. The summed E-state index contributed by atoms with van der Waals surface area (Å²) in [6, 6.07) is 15.5. The molecule has 0 aliphatic heterocycles. The van der Waals surface area contributed by atoms with Crippen molar-refractivity contribution in [3.05, 3.63) is 82.4 Å². The fourth-order valence-corrected chi connectivity index (χ4v) is 3.32. The maximum atomic E-state index is 13.2. The molecule has 2 aromatic carbocycles. The van der Waals surface area contributed by atoms with E-state index in [0.29, 0.717) is 46.5 Å². The highest BCUT2D eigenvalue weighted by molar-refractivity contribution is 6.31. The predicted molar refractivity (Wildman–Crippen MR) is 118 cm³/mol. The monoisotopic (exact) mass is 438 g/mol. The molecule has 0 bridgehead atoms. The zero-order chi connectivity index (χ0) is 21.8. The number of rotatable bonds is 7. The molecule has 0 unspecified atom stereocenters. The molecule has 2 heterocycles. The Kier molecular flexibility index (Phi) is 6.08. The second kappa shape index (κ2) is 9.09. The van der Waals surface area contributed by atoms with Crippen molar-refractivity contribution in [2.45, 2.75) is 26.3 Å². The van der Waals surface area contributed by atoms with E-state index in [4.69, 9.17) is 11.6 Å². The van der Waals surface area contributed by atoms with Crippen LogP contribution >= 0.6 is 11.6 Å². The van der Waals surface area contributed by atoms with Gasteiger partial charge in [0.2, 0.25) is 5.91 Å². The highest BCUT2D eigenvalue weighted by Crippen LogP contribution is 2.18. The second-order valence-electron chi connectivity index (χ2n) is 7.06. The lowest BCUT2D eigenvalue weighted by Gasteiger charge is -2.09. The molecular weight excluding hydrogens is 419 g/mol. The van der Waals surface area contributed by atoms with Gasteiger partial charge >= 0.3 is 0 Å². The number of anilines is 2. The lowest BCUT2D eigenvalue weighted by Crippen LogP contribution is -2.14. The molecule has 158 valence electrons. The molecule has 7 nitrogen and oxygen atoms in total. The number of amides is 1. The smallest absolute Gasteiger partial charge is 0.224 e. The molecule has 0 aliphatic rings. The van der Waals surface area contributed by atoms with E-state index < -0.39 is 0 Å². The normalized spacial score (nSPS) is 10.9. The van der Waals surface area contributed by atoms with Crippen molar-refractivity contribution in [2.75, 3.05) is 10.6 Å². The molecule has 0 saturated heterocycles. The van der Waals surface area contributed by atoms with Crippen LogP contribution in [-0.4, -0.2) is 25.7 Å². The van der Waals surface area contributed by atoms with E-state index in [9.17, 15) is 9.18 Å². The van der Waals surface area contributed by atoms with Gasteiger partial charge in [-0.15, -0.1) is 15.3 Å². The van der Waals surface area contributed by atoms with Crippen molar-refractivity contribution < 1.29 is 9.18 Å². The number of aromatic nitrogens is 4. The third-order valence-corrected chi connectivity index (χ3v) is 5.15. The van der Waals surface area contributed by atoms with Gasteiger partial charge in [-0.3, -0.25) is 4.79 Å². The largest absolute Gasteiger partial charge is 0.364 e. The summed E-state index contributed by atoms with van der Waals surface area (Å²) < 4.78 is 14.8. The number of carbonyl (C=O) groups excluding carboxylic acids is 1. The van der Waals surface area contributed by atoms with Gasteiger partial charge in [0.15, 0.2) is 11.5 Å². The fraction of sp³-hybridized carbons (Fsp3) is 0.182. The van der Waals surface area contributed by atoms with Crippen LogP contribution in [0.3, 0.4) is 0 Å². The van der Waals surface area contributed by atoms with Crippen LogP contribution in [0.25, 0.3) is 5.65 Å². The Morgan fingerprint density at radius 2 is 1.97 bits per heavy atom. The molecule has 0 aliphatic carbocycles. The van der Waals surface area contributed by atoms with Crippen molar-refractivity contribution in [3.8, 4) is 0 Å². The Bertz CT molecular complexity index is 1240. The van der Waals surface area contributed by atoms with Crippen molar-refractivity contribution in [2.24, 2.45) is 0 Å². The van der Waals surface area contributed by atoms with E-state index in [1.54, 1.807) is 23.6 Å². The molecule has 0 radical (unpaired) electrons. The van der Waals surface area contributed by atoms with Crippen molar-refractivity contribution in [1.29, 1.82) is 0 Å². The zero-order valence-corrected chi connectivity index (χ0v) is 17.5. The van der Waals surface area contributed by atoms with E-state index in [0.717, 1.165) is 5.56 Å². The van der Waals surface area contributed by atoms with Crippen molar-refractivity contribution >= 4 is 34.7 Å². The minimum Gasteiger partial charge on any atom is -0.364 e. The first-order valence-corrected chi connectivity index (χ1v) is 10.1. The molecule has 4 aromatic rings. The predicted octanol–water partition coefficient (Wildman–Crippen LogP) is 4.41. The van der Waals surface area contributed by atoms with Crippen LogP contribution in [-0.2, 0) is 17.8 Å². The molecule has 0 spiro atoms. The summed E-state index contributed by atoms with van der Waals surface area (Å²) in [5, 5.41) is 19.5. The van der Waals surface area contributed by atoms with Crippen molar-refractivity contribution in [1.82, 2.24) is 19.8 Å². The Hall–Kier alpha value is -3.52. The SMILES string of the molecule is Cc1cc(F)ccc1NC(=O)CCc1nnc2ccc(NCc3ccccc3Cl)nn12. The third kappa shape index (κ3) is 4.97. The molecule has 2 N–H and O–H groups in total. The molecule has 31 heavy (non-hydrogen) atoms. The van der Waals surface area contributed by atoms with Gasteiger partial charge in [-0.05, 0) is 54.4 Å². The van der Waals surface area contributed by atoms with Crippen LogP contribution in [0.5, 0.6) is 0 Å². The summed E-state index contributed by atoms with van der Waals surface area (Å²) in [4.78, 5) is 12.3. The topological polar surface area (TPSA) is 84.2 Å². The average Bonchev–Trinajstić information content (AvgIpc) is 3.16. The van der Waals surface area contributed by atoms with Crippen LogP contribution in [0.2, 0.25) is 5.02 Å². The van der Waals surface area contributed by atoms with Crippen LogP contribution in [0.1, 0.15) is 23.4 Å². The molecule has 0 fully saturated rings. The summed E-state index contributed by atoms with van der Waals surface area (Å²) in [7, 11) is 0. The van der Waals surface area contributed by atoms with Crippen LogP contribution < -0.4 is 10.6 Å². The van der Waals surface area contributed by atoms with Gasteiger partial charge in [0.25, 0.3) is 0 Å². The van der Waals surface area contributed by atoms with Gasteiger partial charge in [-0.2, -0.15) is 4.52 Å². The number of fused-ring (bicyclic) bond motifs is 1. The van der Waals surface area contributed by atoms with E-state index in [-0.39, 0.29) is 18.1 Å². The first-order valence-electron chi connectivity index (χ1n) is 9.74. The standard InChI is InChI=1S/C22H20ClFN6O/c1-14-12-16(24)6-7-18(14)26-22(31)11-10-21-28-27-20-9-8-19(29-30(20)21)25-13-15-4-2-3-5-17(15)23/h2-9,12H,10-11,13H2,1H3,(H,25,29)(H,26,31). The third-order valence-electron chi connectivity index (χ3n) is 4.78. The average molecular weight is 439 g/mol. The quantitative estimate of drug-likeness (QED) is 0.446. The zero-order valence-electron chi connectivity index (χ0n) is 16.8. The van der Waals surface area contributed by atoms with Gasteiger partial charge in [0.1, 0.15) is 11.6 Å². The molecule has 1 amide bonds. The molecule has 2 aromatic heterocycles. The summed E-state index contributed by atoms with van der Waals surface area (Å²) in [5.74, 6) is 0.678. The van der Waals surface area contributed by atoms with Gasteiger partial charge in [-0.25, -0.2) is 4.39 Å². The Balaban J connectivity index is 1.41. The number of benzene rings is 2. The summed E-state index contributed by atoms with van der Waals surface area (Å²) in [6.45, 7) is 2.26. The van der Waals surface area contributed by atoms with Crippen LogP contribution in [0.15, 0.2) is 54.6 Å².